The molecule has 3 rings (SSSR count). The summed E-state index contributed by atoms with van der Waals surface area (Å²) in [6, 6.07) is 0. The molecular weight excluding hydrogens is 248 g/mol. The fourth-order valence-electron chi connectivity index (χ4n) is 4.44. The molecule has 0 N–H and O–H groups in total. The Balaban J connectivity index is 1.47. The average molecular weight is 280 g/mol. The molecule has 3 aliphatic rings. The van der Waals surface area contributed by atoms with Crippen LogP contribution in [-0.2, 0) is 4.74 Å². The van der Waals surface area contributed by atoms with Crippen LogP contribution in [0, 0.1) is 10.8 Å². The van der Waals surface area contributed by atoms with E-state index >= 15 is 0 Å². The minimum atomic E-state index is 0.531. The van der Waals surface area contributed by atoms with Gasteiger partial charge in [0, 0.05) is 25.6 Å². The molecule has 1 saturated carbocycles. The molecule has 2 saturated heterocycles. The molecule has 0 atom stereocenters. The quantitative estimate of drug-likeness (QED) is 0.744. The Kier molecular flexibility index (Phi) is 4.40. The van der Waals surface area contributed by atoms with Crippen molar-refractivity contribution >= 4 is 0 Å². The molecule has 116 valence electrons. The van der Waals surface area contributed by atoms with Crippen molar-refractivity contribution in [1.82, 2.24) is 9.80 Å². The monoisotopic (exact) mass is 280 g/mol. The number of methoxy groups -OCH3 is 1. The minimum absolute atomic E-state index is 0.531. The van der Waals surface area contributed by atoms with Crippen LogP contribution in [0.1, 0.15) is 45.4 Å². The van der Waals surface area contributed by atoms with Gasteiger partial charge in [0.1, 0.15) is 0 Å². The van der Waals surface area contributed by atoms with Gasteiger partial charge in [0.2, 0.25) is 0 Å². The Labute approximate surface area is 124 Å². The second-order valence-corrected chi connectivity index (χ2v) is 7.74. The van der Waals surface area contributed by atoms with E-state index in [-0.39, 0.29) is 0 Å². The zero-order valence-corrected chi connectivity index (χ0v) is 13.5. The fourth-order valence-corrected chi connectivity index (χ4v) is 4.44. The van der Waals surface area contributed by atoms with Crippen molar-refractivity contribution in [2.75, 3.05) is 53.0 Å². The molecule has 0 aromatic heterocycles. The molecule has 0 amide bonds. The average Bonchev–Trinajstić information content (AvgIpc) is 3.08. The van der Waals surface area contributed by atoms with E-state index in [1.165, 1.54) is 77.8 Å². The van der Waals surface area contributed by atoms with Crippen LogP contribution in [0.5, 0.6) is 0 Å². The second-order valence-electron chi connectivity index (χ2n) is 7.74. The fraction of sp³-hybridized carbons (Fsp3) is 1.00. The summed E-state index contributed by atoms with van der Waals surface area (Å²) in [5, 5.41) is 0. The number of piperidine rings is 1. The van der Waals surface area contributed by atoms with Gasteiger partial charge in [0.05, 0.1) is 6.61 Å². The standard InChI is InChI=1S/C17H32N2O/c1-3-9-18-10-6-16(7-11-18)8-12-19(13-16)14-17(4-5-17)15-20-2/h3-15H2,1-2H3. The molecule has 2 heterocycles. The number of nitrogens with zero attached hydrogens (tertiary/aromatic N) is 2. The first-order chi connectivity index (χ1) is 9.69. The Bertz CT molecular complexity index is 319. The first-order valence-electron chi connectivity index (χ1n) is 8.63. The summed E-state index contributed by atoms with van der Waals surface area (Å²) in [4.78, 5) is 5.42. The van der Waals surface area contributed by atoms with Crippen molar-refractivity contribution in [3.63, 3.8) is 0 Å². The lowest BCUT2D eigenvalue weighted by molar-refractivity contribution is 0.0898. The number of likely N-dealkylation sites (tertiary alicyclic amines) is 2. The van der Waals surface area contributed by atoms with E-state index in [4.69, 9.17) is 4.74 Å². The highest BCUT2D eigenvalue weighted by molar-refractivity contribution is 5.00. The molecule has 20 heavy (non-hydrogen) atoms. The molecule has 0 aromatic rings. The summed E-state index contributed by atoms with van der Waals surface area (Å²) in [5.41, 5.74) is 1.19. The summed E-state index contributed by atoms with van der Waals surface area (Å²) in [7, 11) is 1.86. The highest BCUT2D eigenvalue weighted by Gasteiger charge is 2.47. The van der Waals surface area contributed by atoms with Crippen molar-refractivity contribution < 1.29 is 4.74 Å². The first kappa shape index (κ1) is 14.8. The molecule has 3 heteroatoms. The Morgan fingerprint density at radius 2 is 1.60 bits per heavy atom. The van der Waals surface area contributed by atoms with E-state index in [1.54, 1.807) is 0 Å². The number of ether oxygens (including phenoxy) is 1. The first-order valence-corrected chi connectivity index (χ1v) is 8.63. The highest BCUT2D eigenvalue weighted by Crippen LogP contribution is 2.49. The van der Waals surface area contributed by atoms with Crippen LogP contribution in [0.3, 0.4) is 0 Å². The normalized spacial score (nSPS) is 29.1. The third-order valence-electron chi connectivity index (χ3n) is 5.94. The van der Waals surface area contributed by atoms with Crippen LogP contribution in [0.4, 0.5) is 0 Å². The molecular formula is C17H32N2O. The van der Waals surface area contributed by atoms with Crippen LogP contribution >= 0.6 is 0 Å². The van der Waals surface area contributed by atoms with Crippen LogP contribution in [-0.4, -0.2) is 62.8 Å². The molecule has 3 fully saturated rings. The van der Waals surface area contributed by atoms with Gasteiger partial charge in [-0.25, -0.2) is 0 Å². The van der Waals surface area contributed by atoms with Crippen LogP contribution in [0.15, 0.2) is 0 Å². The molecule has 2 aliphatic heterocycles. The maximum absolute atomic E-state index is 5.42. The largest absolute Gasteiger partial charge is 0.384 e. The number of hydrogen-bond acceptors (Lipinski definition) is 3. The van der Waals surface area contributed by atoms with Crippen molar-refractivity contribution in [3.8, 4) is 0 Å². The molecule has 0 bridgehead atoms. The van der Waals surface area contributed by atoms with E-state index in [0.717, 1.165) is 6.61 Å². The van der Waals surface area contributed by atoms with Gasteiger partial charge in [-0.15, -0.1) is 0 Å². The summed E-state index contributed by atoms with van der Waals surface area (Å²) >= 11 is 0. The van der Waals surface area contributed by atoms with Crippen molar-refractivity contribution in [3.05, 3.63) is 0 Å². The smallest absolute Gasteiger partial charge is 0.0530 e. The van der Waals surface area contributed by atoms with E-state index in [0.29, 0.717) is 10.8 Å². The SMILES string of the molecule is CCCN1CCC2(CC1)CCN(CC1(COC)CC1)C2. The third-order valence-corrected chi connectivity index (χ3v) is 5.94. The van der Waals surface area contributed by atoms with Gasteiger partial charge in [0.25, 0.3) is 0 Å². The second kappa shape index (κ2) is 5.94. The third kappa shape index (κ3) is 3.20. The maximum Gasteiger partial charge on any atom is 0.0530 e. The molecule has 0 unspecified atom stereocenters. The predicted molar refractivity (Wildman–Crippen MR) is 83.0 cm³/mol. The zero-order chi connectivity index (χ0) is 14.1. The summed E-state index contributed by atoms with van der Waals surface area (Å²) in [5.74, 6) is 0. The van der Waals surface area contributed by atoms with Gasteiger partial charge in [-0.3, -0.25) is 0 Å². The maximum atomic E-state index is 5.42. The van der Waals surface area contributed by atoms with Crippen molar-refractivity contribution in [2.45, 2.75) is 45.4 Å². The minimum Gasteiger partial charge on any atom is -0.384 e. The topological polar surface area (TPSA) is 15.7 Å². The van der Waals surface area contributed by atoms with E-state index in [1.807, 2.05) is 7.11 Å². The van der Waals surface area contributed by atoms with Gasteiger partial charge in [-0.1, -0.05) is 6.92 Å². The van der Waals surface area contributed by atoms with Crippen LogP contribution in [0.25, 0.3) is 0 Å². The zero-order valence-electron chi connectivity index (χ0n) is 13.5. The summed E-state index contributed by atoms with van der Waals surface area (Å²) in [6.45, 7) is 11.2. The van der Waals surface area contributed by atoms with Gasteiger partial charge in [-0.2, -0.15) is 0 Å². The van der Waals surface area contributed by atoms with Gasteiger partial charge in [-0.05, 0) is 70.1 Å². The molecule has 3 nitrogen and oxygen atoms in total. The Morgan fingerprint density at radius 3 is 2.15 bits per heavy atom. The van der Waals surface area contributed by atoms with Gasteiger partial charge in [0.15, 0.2) is 0 Å². The summed E-state index contributed by atoms with van der Waals surface area (Å²) < 4.78 is 5.42. The van der Waals surface area contributed by atoms with E-state index in [9.17, 15) is 0 Å². The predicted octanol–water partition coefficient (Wildman–Crippen LogP) is 2.61. The number of hydrogen-bond donors (Lipinski definition) is 0. The van der Waals surface area contributed by atoms with Crippen molar-refractivity contribution in [1.29, 1.82) is 0 Å². The highest BCUT2D eigenvalue weighted by atomic mass is 16.5. The molecule has 1 spiro atoms. The van der Waals surface area contributed by atoms with Crippen LogP contribution in [0.2, 0.25) is 0 Å². The molecule has 0 aromatic carbocycles. The lowest BCUT2D eigenvalue weighted by Gasteiger charge is -2.39. The van der Waals surface area contributed by atoms with Gasteiger partial charge < -0.3 is 14.5 Å². The Morgan fingerprint density at radius 1 is 0.950 bits per heavy atom. The Hall–Kier alpha value is -0.120. The van der Waals surface area contributed by atoms with E-state index in [2.05, 4.69) is 16.7 Å². The lowest BCUT2D eigenvalue weighted by Crippen LogP contribution is -2.42. The molecule has 0 radical (unpaired) electrons. The summed E-state index contributed by atoms with van der Waals surface area (Å²) in [6.07, 6.45) is 8.37. The lowest BCUT2D eigenvalue weighted by atomic mass is 9.78. The van der Waals surface area contributed by atoms with Crippen LogP contribution < -0.4 is 0 Å². The number of rotatable bonds is 6. The van der Waals surface area contributed by atoms with Gasteiger partial charge >= 0.3 is 0 Å². The molecule has 1 aliphatic carbocycles. The van der Waals surface area contributed by atoms with E-state index < -0.39 is 0 Å². The van der Waals surface area contributed by atoms with Crippen molar-refractivity contribution in [2.24, 2.45) is 10.8 Å².